The molecule has 1 heterocycles. The molecule has 0 fully saturated rings. The highest BCUT2D eigenvalue weighted by Gasteiger charge is 2.48. The van der Waals surface area contributed by atoms with E-state index in [-0.39, 0.29) is 10.8 Å². The van der Waals surface area contributed by atoms with Crippen LogP contribution in [0.25, 0.3) is 75.5 Å². The molecule has 1 nitrogen and oxygen atoms in total. The minimum absolute atomic E-state index is 0.0980. The maximum absolute atomic E-state index is 2.52. The summed E-state index contributed by atoms with van der Waals surface area (Å²) in [6, 6.07) is 80.2. The predicted octanol–water partition coefficient (Wildman–Crippen LogP) is 17.6. The zero-order valence-electron chi connectivity index (χ0n) is 37.0. The van der Waals surface area contributed by atoms with Crippen LogP contribution in [-0.4, -0.2) is 0 Å². The molecule has 0 aliphatic heterocycles. The highest BCUT2D eigenvalue weighted by atomic mass is 32.1. The van der Waals surface area contributed by atoms with Crippen LogP contribution in [0.1, 0.15) is 53.6 Å². The second kappa shape index (κ2) is 14.0. The van der Waals surface area contributed by atoms with Gasteiger partial charge in [-0.15, -0.1) is 11.3 Å². The van der Waals surface area contributed by atoms with Crippen molar-refractivity contribution in [2.75, 3.05) is 4.90 Å². The number of thiophene rings is 1. The lowest BCUT2D eigenvalue weighted by Gasteiger charge is -2.31. The minimum Gasteiger partial charge on any atom is -0.310 e. The van der Waals surface area contributed by atoms with Gasteiger partial charge in [0.15, 0.2) is 0 Å². The van der Waals surface area contributed by atoms with Gasteiger partial charge in [-0.25, -0.2) is 0 Å². The zero-order valence-corrected chi connectivity index (χ0v) is 37.8. The third kappa shape index (κ3) is 5.22. The van der Waals surface area contributed by atoms with Gasteiger partial charge in [0, 0.05) is 48.1 Å². The first kappa shape index (κ1) is 37.8. The quantitative estimate of drug-likeness (QED) is 0.167. The summed E-state index contributed by atoms with van der Waals surface area (Å²) in [6.07, 6.45) is 2.15. The Balaban J connectivity index is 0.924. The Bertz CT molecular complexity index is 3790. The predicted molar refractivity (Wildman–Crippen MR) is 280 cm³/mol. The number of benzene rings is 10. The minimum atomic E-state index is -0.177. The first-order valence-electron chi connectivity index (χ1n) is 23.4. The van der Waals surface area contributed by atoms with Crippen LogP contribution >= 0.6 is 11.3 Å². The number of rotatable bonds is 5. The van der Waals surface area contributed by atoms with E-state index >= 15 is 0 Å². The SMILES string of the molecule is CC1(C)c2ccccc2-c2cccc(-c3ccc(N(c4ccc(-c5cccc6sc7c8ccccc8ccc7c56)cc4)c4ccc5c(c4)C4(CCc6ccccc64)c4ccccc4-5)cc3)c21. The van der Waals surface area contributed by atoms with E-state index in [4.69, 9.17) is 0 Å². The molecular formula is C64H45NS. The molecule has 1 spiro atoms. The van der Waals surface area contributed by atoms with E-state index in [0.29, 0.717) is 0 Å². The van der Waals surface area contributed by atoms with Gasteiger partial charge in [0.25, 0.3) is 0 Å². The van der Waals surface area contributed by atoms with Gasteiger partial charge in [-0.2, -0.15) is 0 Å². The van der Waals surface area contributed by atoms with Gasteiger partial charge in [-0.3, -0.25) is 0 Å². The Morgan fingerprint density at radius 3 is 1.82 bits per heavy atom. The van der Waals surface area contributed by atoms with Crippen LogP contribution in [0.5, 0.6) is 0 Å². The van der Waals surface area contributed by atoms with Crippen LogP contribution in [0.3, 0.4) is 0 Å². The molecule has 0 saturated carbocycles. The molecule has 0 bridgehead atoms. The molecule has 1 atom stereocenters. The van der Waals surface area contributed by atoms with Gasteiger partial charge in [-0.1, -0.05) is 184 Å². The van der Waals surface area contributed by atoms with E-state index in [1.54, 1.807) is 0 Å². The lowest BCUT2D eigenvalue weighted by atomic mass is 9.73. The third-order valence-corrected chi connectivity index (χ3v) is 16.7. The fraction of sp³-hybridized carbons (Fsp3) is 0.0938. The van der Waals surface area contributed by atoms with Gasteiger partial charge in [-0.05, 0) is 144 Å². The average molecular weight is 860 g/mol. The van der Waals surface area contributed by atoms with Gasteiger partial charge in [0.1, 0.15) is 0 Å². The number of aryl methyl sites for hydroxylation is 1. The molecule has 0 saturated heterocycles. The zero-order chi connectivity index (χ0) is 43.7. The first-order valence-corrected chi connectivity index (χ1v) is 24.2. The van der Waals surface area contributed by atoms with Crippen molar-refractivity contribution in [2.24, 2.45) is 0 Å². The Labute approximate surface area is 389 Å². The summed E-state index contributed by atoms with van der Waals surface area (Å²) in [7, 11) is 0. The molecule has 3 aliphatic rings. The highest BCUT2D eigenvalue weighted by molar-refractivity contribution is 7.26. The summed E-state index contributed by atoms with van der Waals surface area (Å²) in [5.74, 6) is 0. The van der Waals surface area contributed by atoms with E-state index in [9.17, 15) is 0 Å². The second-order valence-corrected chi connectivity index (χ2v) is 20.2. The molecule has 11 aromatic rings. The Kier molecular flexibility index (Phi) is 8.02. The van der Waals surface area contributed by atoms with Crippen molar-refractivity contribution in [2.45, 2.75) is 37.5 Å². The van der Waals surface area contributed by atoms with Crippen LogP contribution in [-0.2, 0) is 17.3 Å². The van der Waals surface area contributed by atoms with Crippen molar-refractivity contribution in [1.29, 1.82) is 0 Å². The summed E-state index contributed by atoms with van der Waals surface area (Å²) in [5, 5.41) is 5.27. The molecule has 2 heteroatoms. The molecular weight excluding hydrogens is 815 g/mol. The summed E-state index contributed by atoms with van der Waals surface area (Å²) in [4.78, 5) is 2.48. The largest absolute Gasteiger partial charge is 0.310 e. The molecule has 1 aromatic heterocycles. The van der Waals surface area contributed by atoms with E-state index in [2.05, 4.69) is 231 Å². The Morgan fingerprint density at radius 1 is 0.424 bits per heavy atom. The number of hydrogen-bond donors (Lipinski definition) is 0. The average Bonchev–Trinajstić information content (AvgIpc) is 4.10. The molecule has 1 unspecified atom stereocenters. The lowest BCUT2D eigenvalue weighted by Crippen LogP contribution is -2.24. The van der Waals surface area contributed by atoms with Gasteiger partial charge in [0.2, 0.25) is 0 Å². The van der Waals surface area contributed by atoms with E-state index in [0.717, 1.165) is 24.2 Å². The summed E-state index contributed by atoms with van der Waals surface area (Å²) in [5.41, 5.74) is 22.2. The number of hydrogen-bond acceptors (Lipinski definition) is 2. The molecule has 66 heavy (non-hydrogen) atoms. The van der Waals surface area contributed by atoms with Crippen LogP contribution in [0.4, 0.5) is 17.1 Å². The molecule has 312 valence electrons. The Hall–Kier alpha value is -7.52. The van der Waals surface area contributed by atoms with E-state index < -0.39 is 0 Å². The number of anilines is 3. The van der Waals surface area contributed by atoms with E-state index in [1.165, 1.54) is 115 Å². The smallest absolute Gasteiger partial charge is 0.0470 e. The molecule has 0 N–H and O–H groups in total. The van der Waals surface area contributed by atoms with Crippen molar-refractivity contribution in [3.8, 4) is 44.5 Å². The van der Waals surface area contributed by atoms with Crippen LogP contribution in [0, 0.1) is 0 Å². The van der Waals surface area contributed by atoms with Gasteiger partial charge in [0.05, 0.1) is 0 Å². The maximum atomic E-state index is 2.52. The number of fused-ring (bicyclic) bond motifs is 15. The number of nitrogens with zero attached hydrogens (tertiary/aromatic N) is 1. The fourth-order valence-electron chi connectivity index (χ4n) is 12.6. The standard InChI is InChI=1S/C64H45NS/c1-63(2)56-22-9-6-17-51(56)53-20-11-19-48(61(53)63)42-27-32-45(33-28-42)65(46-34-36-52-50-16-7-10-23-57(50)64(58(52)39-46)38-37-43-14-4-8-21-55(43)64)44-30-25-41(26-31-44)47-18-12-24-59-60(47)54-35-29-40-13-3-5-15-49(40)62(54)66-59/h3-36,39H,37-38H2,1-2H3. The van der Waals surface area contributed by atoms with Crippen molar-refractivity contribution in [1.82, 2.24) is 0 Å². The first-order chi connectivity index (χ1) is 32.5. The summed E-state index contributed by atoms with van der Waals surface area (Å²) >= 11 is 1.91. The summed E-state index contributed by atoms with van der Waals surface area (Å²) < 4.78 is 2.68. The van der Waals surface area contributed by atoms with Crippen molar-refractivity contribution in [3.05, 3.63) is 246 Å². The molecule has 14 rings (SSSR count). The molecule has 10 aromatic carbocycles. The molecule has 3 aliphatic carbocycles. The molecule has 0 radical (unpaired) electrons. The molecule has 0 amide bonds. The topological polar surface area (TPSA) is 3.24 Å². The van der Waals surface area contributed by atoms with Gasteiger partial charge < -0.3 is 4.90 Å². The van der Waals surface area contributed by atoms with Crippen LogP contribution in [0.15, 0.2) is 212 Å². The fourth-order valence-corrected chi connectivity index (χ4v) is 13.8. The van der Waals surface area contributed by atoms with Crippen molar-refractivity contribution >= 4 is 59.3 Å². The Morgan fingerprint density at radius 2 is 1.02 bits per heavy atom. The lowest BCUT2D eigenvalue weighted by molar-refractivity contribution is 0.626. The highest BCUT2D eigenvalue weighted by Crippen LogP contribution is 2.59. The van der Waals surface area contributed by atoms with Crippen LogP contribution in [0.2, 0.25) is 0 Å². The van der Waals surface area contributed by atoms with Crippen LogP contribution < -0.4 is 4.90 Å². The monoisotopic (exact) mass is 859 g/mol. The van der Waals surface area contributed by atoms with Crippen molar-refractivity contribution in [3.63, 3.8) is 0 Å². The van der Waals surface area contributed by atoms with E-state index in [1.807, 2.05) is 11.3 Å². The summed E-state index contributed by atoms with van der Waals surface area (Å²) in [6.45, 7) is 4.76. The normalized spacial score (nSPS) is 16.1. The maximum Gasteiger partial charge on any atom is 0.0470 e. The third-order valence-electron chi connectivity index (χ3n) is 15.5. The van der Waals surface area contributed by atoms with Gasteiger partial charge >= 0.3 is 0 Å². The second-order valence-electron chi connectivity index (χ2n) is 19.1. The van der Waals surface area contributed by atoms with Crippen molar-refractivity contribution < 1.29 is 0 Å².